The van der Waals surface area contributed by atoms with Crippen LogP contribution in [0.1, 0.15) is 32.4 Å². The predicted molar refractivity (Wildman–Crippen MR) is 108 cm³/mol. The summed E-state index contributed by atoms with van der Waals surface area (Å²) in [6.07, 6.45) is 0. The van der Waals surface area contributed by atoms with Crippen molar-refractivity contribution in [2.45, 2.75) is 33.1 Å². The largest absolute Gasteiger partial charge is 0.360 e. The first-order valence-electron chi connectivity index (χ1n) is 9.73. The van der Waals surface area contributed by atoms with Gasteiger partial charge in [0.15, 0.2) is 17.3 Å². The number of carbonyl (C=O) groups excluding carboxylic acids is 1. The average molecular weight is 398 g/mol. The molecule has 0 radical (unpaired) electrons. The standard InChI is InChI=1S/C19H26N8O2/c1-13-11-14(24-29-13)20-17(28)12-25-7-9-26(10-8-25)16-6-5-15-21-22-18(19(2,3)4)27(15)23-16/h5-6,11H,7-10,12H2,1-4H3,(H,20,24,28). The minimum atomic E-state index is -0.139. The van der Waals surface area contributed by atoms with Gasteiger partial charge in [0.2, 0.25) is 5.91 Å². The Morgan fingerprint density at radius 1 is 1.17 bits per heavy atom. The highest BCUT2D eigenvalue weighted by atomic mass is 16.5. The number of nitrogens with zero attached hydrogens (tertiary/aromatic N) is 7. The molecule has 29 heavy (non-hydrogen) atoms. The molecular weight excluding hydrogens is 372 g/mol. The molecule has 0 aromatic carbocycles. The van der Waals surface area contributed by atoms with Gasteiger partial charge in [-0.3, -0.25) is 9.69 Å². The van der Waals surface area contributed by atoms with Crippen LogP contribution in [0.3, 0.4) is 0 Å². The van der Waals surface area contributed by atoms with Gasteiger partial charge in [0, 0.05) is 37.7 Å². The zero-order valence-electron chi connectivity index (χ0n) is 17.2. The quantitative estimate of drug-likeness (QED) is 0.705. The number of piperazine rings is 1. The Labute approximate surface area is 168 Å². The van der Waals surface area contributed by atoms with Crippen LogP contribution in [0, 0.1) is 6.92 Å². The maximum Gasteiger partial charge on any atom is 0.239 e. The normalized spacial score (nSPS) is 15.8. The molecule has 1 saturated heterocycles. The number of fused-ring (bicyclic) bond motifs is 1. The van der Waals surface area contributed by atoms with Gasteiger partial charge in [0.05, 0.1) is 6.54 Å². The Morgan fingerprint density at radius 3 is 2.59 bits per heavy atom. The third-order valence-electron chi connectivity index (χ3n) is 4.88. The first-order valence-corrected chi connectivity index (χ1v) is 9.73. The second-order valence-corrected chi connectivity index (χ2v) is 8.37. The molecule has 1 aliphatic rings. The van der Waals surface area contributed by atoms with E-state index in [9.17, 15) is 4.79 Å². The monoisotopic (exact) mass is 398 g/mol. The van der Waals surface area contributed by atoms with Crippen LogP contribution >= 0.6 is 0 Å². The molecule has 0 atom stereocenters. The number of nitrogens with one attached hydrogen (secondary N) is 1. The lowest BCUT2D eigenvalue weighted by Gasteiger charge is -2.34. The molecule has 4 heterocycles. The van der Waals surface area contributed by atoms with Crippen LogP contribution in [-0.2, 0) is 10.2 Å². The second-order valence-electron chi connectivity index (χ2n) is 8.37. The van der Waals surface area contributed by atoms with Crippen molar-refractivity contribution in [2.75, 3.05) is 42.9 Å². The van der Waals surface area contributed by atoms with Gasteiger partial charge >= 0.3 is 0 Å². The van der Waals surface area contributed by atoms with Crippen LogP contribution < -0.4 is 10.2 Å². The van der Waals surface area contributed by atoms with Crippen LogP contribution in [0.4, 0.5) is 11.6 Å². The number of amides is 1. The Morgan fingerprint density at radius 2 is 1.93 bits per heavy atom. The van der Waals surface area contributed by atoms with E-state index in [0.717, 1.165) is 43.5 Å². The lowest BCUT2D eigenvalue weighted by Crippen LogP contribution is -2.49. The molecule has 1 N–H and O–H groups in total. The number of anilines is 2. The molecule has 0 unspecified atom stereocenters. The van der Waals surface area contributed by atoms with Gasteiger partial charge in [0.25, 0.3) is 0 Å². The van der Waals surface area contributed by atoms with Crippen LogP contribution in [0.15, 0.2) is 22.7 Å². The van der Waals surface area contributed by atoms with Crippen LogP contribution in [0.2, 0.25) is 0 Å². The molecule has 0 aliphatic carbocycles. The van der Waals surface area contributed by atoms with Crippen molar-refractivity contribution in [1.82, 2.24) is 29.9 Å². The summed E-state index contributed by atoms with van der Waals surface area (Å²) >= 11 is 0. The molecule has 4 rings (SSSR count). The van der Waals surface area contributed by atoms with Gasteiger partial charge in [-0.25, -0.2) is 0 Å². The fraction of sp³-hybridized carbons (Fsp3) is 0.526. The lowest BCUT2D eigenvalue weighted by atomic mass is 9.96. The summed E-state index contributed by atoms with van der Waals surface area (Å²) in [6.45, 7) is 11.6. The topological polar surface area (TPSA) is 105 Å². The van der Waals surface area contributed by atoms with Crippen LogP contribution in [0.25, 0.3) is 5.65 Å². The first kappa shape index (κ1) is 19.3. The van der Waals surface area contributed by atoms with Crippen molar-refractivity contribution in [3.05, 3.63) is 29.8 Å². The number of aromatic nitrogens is 5. The molecule has 154 valence electrons. The van der Waals surface area contributed by atoms with Crippen molar-refractivity contribution in [3.8, 4) is 0 Å². The number of hydrogen-bond acceptors (Lipinski definition) is 8. The number of rotatable bonds is 4. The fourth-order valence-electron chi connectivity index (χ4n) is 3.36. The zero-order chi connectivity index (χ0) is 20.6. The third kappa shape index (κ3) is 4.21. The summed E-state index contributed by atoms with van der Waals surface area (Å²) in [7, 11) is 0. The summed E-state index contributed by atoms with van der Waals surface area (Å²) in [4.78, 5) is 16.6. The summed E-state index contributed by atoms with van der Waals surface area (Å²) in [6, 6.07) is 5.63. The molecule has 3 aromatic rings. The molecule has 10 nitrogen and oxygen atoms in total. The van der Waals surface area contributed by atoms with Gasteiger partial charge in [-0.05, 0) is 19.1 Å². The number of aryl methyl sites for hydroxylation is 1. The molecule has 0 bridgehead atoms. The molecule has 1 amide bonds. The minimum absolute atomic E-state index is 0.0920. The summed E-state index contributed by atoms with van der Waals surface area (Å²) < 4.78 is 6.80. The van der Waals surface area contributed by atoms with Gasteiger partial charge in [0.1, 0.15) is 11.6 Å². The highest BCUT2D eigenvalue weighted by molar-refractivity contribution is 5.91. The molecule has 0 saturated carbocycles. The number of carbonyl (C=O) groups is 1. The lowest BCUT2D eigenvalue weighted by molar-refractivity contribution is -0.117. The fourth-order valence-corrected chi connectivity index (χ4v) is 3.36. The predicted octanol–water partition coefficient (Wildman–Crippen LogP) is 1.48. The van der Waals surface area contributed by atoms with E-state index in [4.69, 9.17) is 9.62 Å². The van der Waals surface area contributed by atoms with Crippen LogP contribution in [-0.4, -0.2) is 68.5 Å². The number of hydrogen-bond donors (Lipinski definition) is 1. The van der Waals surface area contributed by atoms with Crippen LogP contribution in [0.5, 0.6) is 0 Å². The highest BCUT2D eigenvalue weighted by Crippen LogP contribution is 2.22. The summed E-state index contributed by atoms with van der Waals surface area (Å²) in [5.74, 6) is 2.76. The summed E-state index contributed by atoms with van der Waals surface area (Å²) in [5, 5.41) is 19.8. The molecule has 1 aliphatic heterocycles. The Kier molecular flexibility index (Phi) is 4.95. The molecule has 10 heteroatoms. The van der Waals surface area contributed by atoms with E-state index < -0.39 is 0 Å². The second kappa shape index (κ2) is 7.43. The molecule has 1 fully saturated rings. The van der Waals surface area contributed by atoms with E-state index in [-0.39, 0.29) is 11.3 Å². The highest BCUT2D eigenvalue weighted by Gasteiger charge is 2.24. The molecule has 3 aromatic heterocycles. The van der Waals surface area contributed by atoms with E-state index in [1.54, 1.807) is 13.0 Å². The van der Waals surface area contributed by atoms with Gasteiger partial charge in [-0.1, -0.05) is 25.9 Å². The molecule has 0 spiro atoms. The van der Waals surface area contributed by atoms with Crippen molar-refractivity contribution < 1.29 is 9.32 Å². The maximum atomic E-state index is 12.2. The van der Waals surface area contributed by atoms with E-state index >= 15 is 0 Å². The summed E-state index contributed by atoms with van der Waals surface area (Å²) in [5.41, 5.74) is 0.608. The van der Waals surface area contributed by atoms with Gasteiger partial charge in [-0.2, -0.15) is 4.52 Å². The van der Waals surface area contributed by atoms with Crippen molar-refractivity contribution in [3.63, 3.8) is 0 Å². The van der Waals surface area contributed by atoms with E-state index in [1.165, 1.54) is 0 Å². The Bertz CT molecular complexity index is 1010. The van der Waals surface area contributed by atoms with Crippen molar-refractivity contribution in [1.29, 1.82) is 0 Å². The Hall–Kier alpha value is -3.01. The maximum absolute atomic E-state index is 12.2. The SMILES string of the molecule is Cc1cc(NC(=O)CN2CCN(c3ccc4nnc(C(C)(C)C)n4n3)CC2)no1. The third-order valence-corrected chi connectivity index (χ3v) is 4.88. The van der Waals surface area contributed by atoms with Gasteiger partial charge < -0.3 is 14.7 Å². The average Bonchev–Trinajstić information content (AvgIpc) is 3.27. The van der Waals surface area contributed by atoms with E-state index in [2.05, 4.69) is 51.2 Å². The van der Waals surface area contributed by atoms with E-state index in [0.29, 0.717) is 18.1 Å². The zero-order valence-corrected chi connectivity index (χ0v) is 17.2. The molecular formula is C19H26N8O2. The van der Waals surface area contributed by atoms with E-state index in [1.807, 2.05) is 16.6 Å². The smallest absolute Gasteiger partial charge is 0.239 e. The van der Waals surface area contributed by atoms with Crippen molar-refractivity contribution in [2.24, 2.45) is 0 Å². The Balaban J connectivity index is 1.37. The van der Waals surface area contributed by atoms with Gasteiger partial charge in [-0.15, -0.1) is 15.3 Å². The van der Waals surface area contributed by atoms with Crippen molar-refractivity contribution >= 4 is 23.2 Å². The first-order chi connectivity index (χ1) is 13.8. The minimum Gasteiger partial charge on any atom is -0.360 e.